The minimum absolute atomic E-state index is 0.268. The standard InChI is InChI=1S/C15H17N3O5/c1-9(15(20)21)18-14(19)10(7-16)8-17-12-5-4-11(22-2)6-13(12)23-3/h4-6,8-9,17H,1-3H3,(H,18,19)(H,20,21)/b10-8-. The lowest BCUT2D eigenvalue weighted by Gasteiger charge is -2.11. The van der Waals surface area contributed by atoms with E-state index < -0.39 is 17.9 Å². The maximum absolute atomic E-state index is 11.8. The van der Waals surface area contributed by atoms with E-state index >= 15 is 0 Å². The van der Waals surface area contributed by atoms with E-state index in [1.807, 2.05) is 0 Å². The molecule has 0 aliphatic rings. The van der Waals surface area contributed by atoms with Gasteiger partial charge < -0.3 is 25.2 Å². The van der Waals surface area contributed by atoms with Gasteiger partial charge >= 0.3 is 5.97 Å². The monoisotopic (exact) mass is 319 g/mol. The van der Waals surface area contributed by atoms with Crippen LogP contribution in [0.1, 0.15) is 6.92 Å². The lowest BCUT2D eigenvalue weighted by Crippen LogP contribution is -2.39. The molecule has 1 amide bonds. The molecule has 0 aliphatic carbocycles. The molecule has 1 unspecified atom stereocenters. The van der Waals surface area contributed by atoms with Gasteiger partial charge in [-0.3, -0.25) is 9.59 Å². The number of carboxylic acid groups (broad SMARTS) is 1. The van der Waals surface area contributed by atoms with E-state index in [4.69, 9.17) is 19.8 Å². The number of amides is 1. The number of methoxy groups -OCH3 is 2. The Morgan fingerprint density at radius 1 is 1.35 bits per heavy atom. The Hall–Kier alpha value is -3.21. The average molecular weight is 319 g/mol. The number of nitrogens with one attached hydrogen (secondary N) is 2. The first kappa shape index (κ1) is 17.8. The van der Waals surface area contributed by atoms with Crippen LogP contribution in [0.25, 0.3) is 0 Å². The van der Waals surface area contributed by atoms with Crippen LogP contribution in [0.3, 0.4) is 0 Å². The molecule has 0 saturated carbocycles. The fraction of sp³-hybridized carbons (Fsp3) is 0.267. The van der Waals surface area contributed by atoms with Crippen molar-refractivity contribution in [3.63, 3.8) is 0 Å². The number of benzene rings is 1. The number of nitriles is 1. The molecule has 0 aliphatic heterocycles. The van der Waals surface area contributed by atoms with Crippen molar-refractivity contribution < 1.29 is 24.2 Å². The second-order valence-corrected chi connectivity index (χ2v) is 4.41. The van der Waals surface area contributed by atoms with Crippen molar-refractivity contribution in [1.29, 1.82) is 5.26 Å². The van der Waals surface area contributed by atoms with Crippen LogP contribution in [-0.4, -0.2) is 37.2 Å². The van der Waals surface area contributed by atoms with Crippen molar-refractivity contribution in [3.8, 4) is 17.6 Å². The molecule has 8 nitrogen and oxygen atoms in total. The number of carboxylic acids is 1. The predicted molar refractivity (Wildman–Crippen MR) is 82.1 cm³/mol. The Morgan fingerprint density at radius 2 is 2.04 bits per heavy atom. The van der Waals surface area contributed by atoms with E-state index in [0.717, 1.165) is 0 Å². The molecule has 122 valence electrons. The van der Waals surface area contributed by atoms with Gasteiger partial charge in [-0.25, -0.2) is 0 Å². The number of nitrogens with zero attached hydrogens (tertiary/aromatic N) is 1. The highest BCUT2D eigenvalue weighted by Crippen LogP contribution is 2.29. The van der Waals surface area contributed by atoms with Crippen molar-refractivity contribution in [2.75, 3.05) is 19.5 Å². The van der Waals surface area contributed by atoms with Gasteiger partial charge in [-0.15, -0.1) is 0 Å². The summed E-state index contributed by atoms with van der Waals surface area (Å²) in [5.74, 6) is -0.940. The van der Waals surface area contributed by atoms with E-state index in [2.05, 4.69) is 10.6 Å². The third-order valence-corrected chi connectivity index (χ3v) is 2.86. The normalized spacial score (nSPS) is 11.8. The molecule has 0 saturated heterocycles. The highest BCUT2D eigenvalue weighted by atomic mass is 16.5. The molecule has 0 heterocycles. The maximum Gasteiger partial charge on any atom is 0.325 e. The number of hydrogen-bond acceptors (Lipinski definition) is 6. The number of ether oxygens (including phenoxy) is 2. The molecule has 3 N–H and O–H groups in total. The number of hydrogen-bond donors (Lipinski definition) is 3. The van der Waals surface area contributed by atoms with E-state index in [1.165, 1.54) is 27.3 Å². The van der Waals surface area contributed by atoms with Crippen LogP contribution in [0, 0.1) is 11.3 Å². The summed E-state index contributed by atoms with van der Waals surface area (Å²) in [6, 6.07) is 5.57. The zero-order chi connectivity index (χ0) is 17.4. The molecular weight excluding hydrogens is 302 g/mol. The molecular formula is C15H17N3O5. The summed E-state index contributed by atoms with van der Waals surface area (Å²) < 4.78 is 10.2. The number of rotatable bonds is 7. The molecule has 0 radical (unpaired) electrons. The number of carbonyl (C=O) groups is 2. The van der Waals surface area contributed by atoms with Gasteiger partial charge in [0.05, 0.1) is 19.9 Å². The van der Waals surface area contributed by atoms with Crippen molar-refractivity contribution in [2.45, 2.75) is 13.0 Å². The quantitative estimate of drug-likeness (QED) is 0.508. The fourth-order valence-corrected chi connectivity index (χ4v) is 1.55. The summed E-state index contributed by atoms with van der Waals surface area (Å²) in [5.41, 5.74) is 0.246. The average Bonchev–Trinajstić information content (AvgIpc) is 2.55. The number of anilines is 1. The van der Waals surface area contributed by atoms with Crippen LogP contribution < -0.4 is 20.1 Å². The zero-order valence-corrected chi connectivity index (χ0v) is 12.9. The molecule has 0 fully saturated rings. The molecule has 0 bridgehead atoms. The number of aliphatic carboxylic acids is 1. The zero-order valence-electron chi connectivity index (χ0n) is 12.9. The third kappa shape index (κ3) is 4.93. The topological polar surface area (TPSA) is 121 Å². The molecule has 0 aromatic heterocycles. The Bertz CT molecular complexity index is 664. The van der Waals surface area contributed by atoms with Crippen LogP contribution in [-0.2, 0) is 9.59 Å². The highest BCUT2D eigenvalue weighted by molar-refractivity contribution is 5.99. The van der Waals surface area contributed by atoms with Crippen LogP contribution in [0.15, 0.2) is 30.0 Å². The Balaban J connectivity index is 2.91. The van der Waals surface area contributed by atoms with Crippen LogP contribution in [0.2, 0.25) is 0 Å². The highest BCUT2D eigenvalue weighted by Gasteiger charge is 2.17. The summed E-state index contributed by atoms with van der Waals surface area (Å²) in [6.07, 6.45) is 1.17. The molecule has 0 spiro atoms. The first-order valence-electron chi connectivity index (χ1n) is 6.55. The Morgan fingerprint density at radius 3 is 2.57 bits per heavy atom. The van der Waals surface area contributed by atoms with Crippen molar-refractivity contribution in [3.05, 3.63) is 30.0 Å². The SMILES string of the molecule is COc1ccc(N/C=C(/C#N)C(=O)NC(C)C(=O)O)c(OC)c1. The first-order chi connectivity index (χ1) is 10.9. The van der Waals surface area contributed by atoms with Crippen molar-refractivity contribution >= 4 is 17.6 Å². The van der Waals surface area contributed by atoms with Gasteiger partial charge in [0.2, 0.25) is 0 Å². The second-order valence-electron chi connectivity index (χ2n) is 4.41. The summed E-state index contributed by atoms with van der Waals surface area (Å²) in [6.45, 7) is 1.30. The minimum atomic E-state index is -1.19. The number of carbonyl (C=O) groups excluding carboxylic acids is 1. The van der Waals surface area contributed by atoms with Gasteiger partial charge in [-0.1, -0.05) is 0 Å². The minimum Gasteiger partial charge on any atom is -0.497 e. The van der Waals surface area contributed by atoms with Crippen molar-refractivity contribution in [2.24, 2.45) is 0 Å². The van der Waals surface area contributed by atoms with E-state index in [1.54, 1.807) is 24.3 Å². The Kier molecular flexibility index (Phi) is 6.43. The molecule has 1 aromatic rings. The molecule has 1 rings (SSSR count). The molecule has 1 aromatic carbocycles. The lowest BCUT2D eigenvalue weighted by atomic mass is 10.2. The van der Waals surface area contributed by atoms with Crippen LogP contribution >= 0.6 is 0 Å². The van der Waals surface area contributed by atoms with Crippen molar-refractivity contribution in [1.82, 2.24) is 5.32 Å². The second kappa shape index (κ2) is 8.29. The van der Waals surface area contributed by atoms with Gasteiger partial charge in [-0.05, 0) is 19.1 Å². The summed E-state index contributed by atoms with van der Waals surface area (Å²) in [5, 5.41) is 22.7. The van der Waals surface area contributed by atoms with Crippen LogP contribution in [0.5, 0.6) is 11.5 Å². The van der Waals surface area contributed by atoms with Gasteiger partial charge in [0.1, 0.15) is 29.2 Å². The van der Waals surface area contributed by atoms with Gasteiger partial charge in [0.15, 0.2) is 0 Å². The van der Waals surface area contributed by atoms with Gasteiger partial charge in [0.25, 0.3) is 5.91 Å². The maximum atomic E-state index is 11.8. The van der Waals surface area contributed by atoms with E-state index in [9.17, 15) is 9.59 Å². The summed E-state index contributed by atoms with van der Waals surface area (Å²) in [4.78, 5) is 22.5. The Labute approximate surface area is 133 Å². The van der Waals surface area contributed by atoms with E-state index in [0.29, 0.717) is 17.2 Å². The molecule has 1 atom stereocenters. The lowest BCUT2D eigenvalue weighted by molar-refractivity contribution is -0.140. The van der Waals surface area contributed by atoms with Gasteiger partial charge in [0, 0.05) is 12.3 Å². The van der Waals surface area contributed by atoms with Gasteiger partial charge in [-0.2, -0.15) is 5.26 Å². The first-order valence-corrected chi connectivity index (χ1v) is 6.55. The third-order valence-electron chi connectivity index (χ3n) is 2.86. The van der Waals surface area contributed by atoms with Crippen LogP contribution in [0.4, 0.5) is 5.69 Å². The molecule has 23 heavy (non-hydrogen) atoms. The predicted octanol–water partition coefficient (Wildman–Crippen LogP) is 1.11. The molecule has 8 heteroatoms. The largest absolute Gasteiger partial charge is 0.497 e. The fourth-order valence-electron chi connectivity index (χ4n) is 1.55. The summed E-state index contributed by atoms with van der Waals surface area (Å²) >= 11 is 0. The smallest absolute Gasteiger partial charge is 0.325 e. The summed E-state index contributed by atoms with van der Waals surface area (Å²) in [7, 11) is 2.99. The van der Waals surface area contributed by atoms with E-state index in [-0.39, 0.29) is 5.57 Å².